The van der Waals surface area contributed by atoms with Gasteiger partial charge >= 0.3 is 5.97 Å². The predicted octanol–water partition coefficient (Wildman–Crippen LogP) is 5.74. The van der Waals surface area contributed by atoms with Gasteiger partial charge < -0.3 is 23.7 Å². The maximum absolute atomic E-state index is 11.3. The summed E-state index contributed by atoms with van der Waals surface area (Å²) in [5.74, 6) is -1.30. The molecule has 0 saturated heterocycles. The van der Waals surface area contributed by atoms with Crippen LogP contribution in [0.25, 0.3) is 0 Å². The van der Waals surface area contributed by atoms with Gasteiger partial charge in [-0.3, -0.25) is 0 Å². The van der Waals surface area contributed by atoms with E-state index in [1.807, 2.05) is 27.7 Å². The number of unbranched alkanes of at least 4 members (excludes halogenated alkanes) is 7. The molecule has 0 rings (SSSR count). The summed E-state index contributed by atoms with van der Waals surface area (Å²) in [6.45, 7) is 13.5. The summed E-state index contributed by atoms with van der Waals surface area (Å²) >= 11 is 0. The molecule has 1 unspecified atom stereocenters. The highest BCUT2D eigenvalue weighted by atomic mass is 16.9. The summed E-state index contributed by atoms with van der Waals surface area (Å²) < 4.78 is 27.9. The Labute approximate surface area is 178 Å². The van der Waals surface area contributed by atoms with Gasteiger partial charge in [-0.15, -0.1) is 0 Å². The Morgan fingerprint density at radius 2 is 1.28 bits per heavy atom. The van der Waals surface area contributed by atoms with E-state index in [2.05, 4.69) is 6.58 Å². The Balaban J connectivity index is 3.82. The zero-order chi connectivity index (χ0) is 21.8. The Kier molecular flexibility index (Phi) is 18.4. The normalized spacial score (nSPS) is 12.7. The Bertz CT molecular complexity index is 382. The molecule has 0 aliphatic rings. The van der Waals surface area contributed by atoms with Crippen molar-refractivity contribution >= 4 is 5.97 Å². The minimum Gasteiger partial charge on any atom is -0.433 e. The fraction of sp³-hybridized carbons (Fsp3) is 0.870. The number of ether oxygens (including phenoxy) is 5. The number of carbonyl (C=O) groups is 1. The second kappa shape index (κ2) is 19.0. The van der Waals surface area contributed by atoms with Crippen molar-refractivity contribution in [1.82, 2.24) is 0 Å². The largest absolute Gasteiger partial charge is 0.433 e. The van der Waals surface area contributed by atoms with Gasteiger partial charge in [0.05, 0.1) is 0 Å². The van der Waals surface area contributed by atoms with Gasteiger partial charge in [-0.1, -0.05) is 45.1 Å². The molecule has 0 aromatic carbocycles. The van der Waals surface area contributed by atoms with E-state index in [9.17, 15) is 4.79 Å². The molecule has 6 nitrogen and oxygen atoms in total. The van der Waals surface area contributed by atoms with Gasteiger partial charge in [0.15, 0.2) is 0 Å². The topological polar surface area (TPSA) is 63.2 Å². The van der Waals surface area contributed by atoms with Crippen LogP contribution in [-0.2, 0) is 28.5 Å². The average molecular weight is 417 g/mol. The first kappa shape index (κ1) is 28.1. The van der Waals surface area contributed by atoms with Gasteiger partial charge in [-0.05, 0) is 40.5 Å². The lowest BCUT2D eigenvalue weighted by Crippen LogP contribution is -2.39. The molecule has 0 radical (unpaired) electrons. The molecule has 0 aromatic heterocycles. The fourth-order valence-electron chi connectivity index (χ4n) is 3.25. The molecule has 172 valence electrons. The van der Waals surface area contributed by atoms with Gasteiger partial charge in [0.2, 0.25) is 6.29 Å². The lowest BCUT2D eigenvalue weighted by atomic mass is 10.1. The lowest BCUT2D eigenvalue weighted by molar-refractivity contribution is -0.380. The van der Waals surface area contributed by atoms with Crippen molar-refractivity contribution in [2.75, 3.05) is 26.4 Å². The van der Waals surface area contributed by atoms with Crippen LogP contribution in [0.2, 0.25) is 0 Å². The van der Waals surface area contributed by atoms with E-state index < -0.39 is 18.2 Å². The SMILES string of the molecule is C=CC(=O)OC(CCCCCCCCCCC(OCC)(OCC)OCC)OCC. The first-order valence-electron chi connectivity index (χ1n) is 11.4. The first-order valence-corrected chi connectivity index (χ1v) is 11.4. The van der Waals surface area contributed by atoms with E-state index in [-0.39, 0.29) is 0 Å². The average Bonchev–Trinajstić information content (AvgIpc) is 2.70. The molecule has 0 aliphatic carbocycles. The Morgan fingerprint density at radius 1 is 0.793 bits per heavy atom. The molecule has 0 saturated carbocycles. The highest BCUT2D eigenvalue weighted by molar-refractivity contribution is 5.81. The molecule has 1 atom stereocenters. The summed E-state index contributed by atoms with van der Waals surface area (Å²) in [5, 5.41) is 0. The van der Waals surface area contributed by atoms with Gasteiger partial charge in [0.25, 0.3) is 5.97 Å². The van der Waals surface area contributed by atoms with Crippen molar-refractivity contribution < 1.29 is 28.5 Å². The van der Waals surface area contributed by atoms with Crippen LogP contribution in [0.4, 0.5) is 0 Å². The summed E-state index contributed by atoms with van der Waals surface area (Å²) in [4.78, 5) is 11.3. The second-order valence-corrected chi connectivity index (χ2v) is 6.88. The van der Waals surface area contributed by atoms with Crippen LogP contribution in [0.1, 0.15) is 91.9 Å². The van der Waals surface area contributed by atoms with Crippen LogP contribution in [0.5, 0.6) is 0 Å². The third-order valence-corrected chi connectivity index (χ3v) is 4.53. The van der Waals surface area contributed by atoms with Crippen LogP contribution < -0.4 is 0 Å². The third kappa shape index (κ3) is 14.6. The molecule has 6 heteroatoms. The van der Waals surface area contributed by atoms with Crippen LogP contribution in [0.15, 0.2) is 12.7 Å². The van der Waals surface area contributed by atoms with Crippen molar-refractivity contribution in [2.24, 2.45) is 0 Å². The third-order valence-electron chi connectivity index (χ3n) is 4.53. The van der Waals surface area contributed by atoms with Crippen molar-refractivity contribution in [1.29, 1.82) is 0 Å². The zero-order valence-corrected chi connectivity index (χ0v) is 19.2. The van der Waals surface area contributed by atoms with E-state index in [1.54, 1.807) is 0 Å². The predicted molar refractivity (Wildman–Crippen MR) is 115 cm³/mol. The lowest BCUT2D eigenvalue weighted by Gasteiger charge is -2.32. The van der Waals surface area contributed by atoms with Crippen molar-refractivity contribution in [2.45, 2.75) is 104 Å². The fourth-order valence-corrected chi connectivity index (χ4v) is 3.25. The highest BCUT2D eigenvalue weighted by Gasteiger charge is 2.31. The van der Waals surface area contributed by atoms with E-state index in [4.69, 9.17) is 23.7 Å². The smallest absolute Gasteiger partial charge is 0.332 e. The van der Waals surface area contributed by atoms with Crippen LogP contribution >= 0.6 is 0 Å². The molecule has 0 fully saturated rings. The van der Waals surface area contributed by atoms with Gasteiger partial charge in [-0.2, -0.15) is 0 Å². The summed E-state index contributed by atoms with van der Waals surface area (Å²) in [6.07, 6.45) is 11.4. The number of carbonyl (C=O) groups excluding carboxylic acids is 1. The quantitative estimate of drug-likeness (QED) is 0.103. The summed E-state index contributed by atoms with van der Waals surface area (Å²) in [7, 11) is 0. The standard InChI is InChI=1S/C23H44O6/c1-6-21(24)29-22(25-7-2)19-17-15-13-11-12-14-16-18-20-23(26-8-3,27-9-4)28-10-5/h6,22H,1,7-20H2,2-5H3. The second-order valence-electron chi connectivity index (χ2n) is 6.88. The number of hydrogen-bond acceptors (Lipinski definition) is 6. The minimum atomic E-state index is -0.871. The monoisotopic (exact) mass is 416 g/mol. The Morgan fingerprint density at radius 3 is 1.72 bits per heavy atom. The molecule has 0 N–H and O–H groups in total. The van der Waals surface area contributed by atoms with Gasteiger partial charge in [0.1, 0.15) is 0 Å². The van der Waals surface area contributed by atoms with Gasteiger partial charge in [-0.25, -0.2) is 4.79 Å². The van der Waals surface area contributed by atoms with Crippen LogP contribution in [0, 0.1) is 0 Å². The van der Waals surface area contributed by atoms with E-state index in [1.165, 1.54) is 31.8 Å². The summed E-state index contributed by atoms with van der Waals surface area (Å²) in [6, 6.07) is 0. The maximum Gasteiger partial charge on any atom is 0.332 e. The summed E-state index contributed by atoms with van der Waals surface area (Å²) in [5.41, 5.74) is 0. The minimum absolute atomic E-state index is 0.425. The van der Waals surface area contributed by atoms with E-state index in [0.717, 1.165) is 38.5 Å². The molecule has 0 heterocycles. The van der Waals surface area contributed by atoms with Crippen molar-refractivity contribution in [3.8, 4) is 0 Å². The molecule has 0 spiro atoms. The molecule has 0 aromatic rings. The Hall–Kier alpha value is -0.950. The molecular formula is C23H44O6. The molecule has 0 bridgehead atoms. The molecule has 0 amide bonds. The number of hydrogen-bond donors (Lipinski definition) is 0. The number of rotatable bonds is 21. The zero-order valence-electron chi connectivity index (χ0n) is 19.2. The maximum atomic E-state index is 11.3. The van der Waals surface area contributed by atoms with Crippen LogP contribution in [-0.4, -0.2) is 44.7 Å². The highest BCUT2D eigenvalue weighted by Crippen LogP contribution is 2.24. The van der Waals surface area contributed by atoms with Crippen molar-refractivity contribution in [3.63, 3.8) is 0 Å². The van der Waals surface area contributed by atoms with Crippen molar-refractivity contribution in [3.05, 3.63) is 12.7 Å². The van der Waals surface area contributed by atoms with E-state index in [0.29, 0.717) is 26.4 Å². The van der Waals surface area contributed by atoms with Crippen LogP contribution in [0.3, 0.4) is 0 Å². The van der Waals surface area contributed by atoms with Gasteiger partial charge in [0, 0.05) is 45.3 Å². The van der Waals surface area contributed by atoms with E-state index >= 15 is 0 Å². The molecule has 0 aliphatic heterocycles. The number of esters is 1. The molecule has 29 heavy (non-hydrogen) atoms. The molecular weight excluding hydrogens is 372 g/mol. The first-order chi connectivity index (χ1) is 14.1.